The molecule has 2 rings (SSSR count). The molecule has 1 aromatic carbocycles. The van der Waals surface area contributed by atoms with Crippen LogP contribution in [0.1, 0.15) is 32.4 Å². The Hall–Kier alpha value is -1.07. The molecule has 0 spiro atoms. The van der Waals surface area contributed by atoms with Crippen molar-refractivity contribution < 1.29 is 9.90 Å². The smallest absolute Gasteiger partial charge is 0.247 e. The minimum atomic E-state index is -0.557. The van der Waals surface area contributed by atoms with E-state index in [0.717, 1.165) is 28.8 Å². The fourth-order valence-electron chi connectivity index (χ4n) is 2.69. The molecule has 0 saturated carbocycles. The normalized spacial score (nSPS) is 20.2. The summed E-state index contributed by atoms with van der Waals surface area (Å²) < 4.78 is 0.868. The topological polar surface area (TPSA) is 43.8 Å². The molecule has 1 aliphatic heterocycles. The van der Waals surface area contributed by atoms with E-state index < -0.39 is 11.6 Å². The number of amides is 1. The number of likely N-dealkylation sites (N-methyl/N-ethyl adjacent to an activating group) is 1. The molecule has 1 saturated heterocycles. The summed E-state index contributed by atoms with van der Waals surface area (Å²) >= 11 is 3.50. The average molecular weight is 341 g/mol. The minimum absolute atomic E-state index is 0.125. The van der Waals surface area contributed by atoms with Crippen LogP contribution in [0, 0.1) is 0 Å². The van der Waals surface area contributed by atoms with E-state index in [1.54, 1.807) is 11.8 Å². The lowest BCUT2D eigenvalue weighted by Crippen LogP contribution is -2.62. The summed E-state index contributed by atoms with van der Waals surface area (Å²) in [5.74, 6) is 0.125. The molecule has 4 nitrogen and oxygen atoms in total. The van der Waals surface area contributed by atoms with Crippen molar-refractivity contribution in [2.75, 3.05) is 25.0 Å². The number of carbonyl (C=O) groups excluding carboxylic acids is 1. The van der Waals surface area contributed by atoms with Crippen molar-refractivity contribution in [3.05, 3.63) is 28.2 Å². The van der Waals surface area contributed by atoms with Gasteiger partial charge in [-0.25, -0.2) is 0 Å². The van der Waals surface area contributed by atoms with E-state index in [4.69, 9.17) is 0 Å². The highest BCUT2D eigenvalue weighted by atomic mass is 79.9. The van der Waals surface area contributed by atoms with E-state index in [1.165, 1.54) is 0 Å². The third kappa shape index (κ3) is 2.56. The quantitative estimate of drug-likeness (QED) is 0.899. The van der Waals surface area contributed by atoms with Crippen LogP contribution in [0.15, 0.2) is 22.7 Å². The number of aliphatic hydroxyl groups is 1. The Morgan fingerprint density at radius 1 is 1.35 bits per heavy atom. The number of hydrogen-bond donors (Lipinski definition) is 1. The maximum atomic E-state index is 12.3. The zero-order valence-electron chi connectivity index (χ0n) is 12.4. The first kappa shape index (κ1) is 15.3. The molecule has 1 atom stereocenters. The fraction of sp³-hybridized carbons (Fsp3) is 0.533. The molecule has 0 radical (unpaired) electrons. The molecule has 0 bridgehead atoms. The molecule has 1 aliphatic rings. The fourth-order valence-corrected chi connectivity index (χ4v) is 3.39. The van der Waals surface area contributed by atoms with Gasteiger partial charge in [0.05, 0.1) is 6.10 Å². The lowest BCUT2D eigenvalue weighted by molar-refractivity contribution is -0.136. The number of halogens is 1. The summed E-state index contributed by atoms with van der Waals surface area (Å²) in [7, 11) is 1.84. The standard InChI is InChI=1S/C15H21BrN2O2/c1-10(19)12-6-5-11(9-13(12)16)18-8-7-17(4)14(20)15(18,2)3/h5-6,9-10,19H,7-8H2,1-4H3/t10-/m0/s1. The Bertz CT molecular complexity index is 529. The second kappa shape index (κ2) is 5.37. The van der Waals surface area contributed by atoms with Crippen LogP contribution < -0.4 is 4.90 Å². The Kier molecular flexibility index (Phi) is 4.12. The van der Waals surface area contributed by atoms with Gasteiger partial charge in [0.1, 0.15) is 5.54 Å². The van der Waals surface area contributed by atoms with Crippen LogP contribution in [0.5, 0.6) is 0 Å². The molecule has 1 aromatic rings. The summed E-state index contributed by atoms with van der Waals surface area (Å²) in [5, 5.41) is 9.68. The van der Waals surface area contributed by atoms with E-state index in [-0.39, 0.29) is 5.91 Å². The van der Waals surface area contributed by atoms with Gasteiger partial charge in [0.25, 0.3) is 0 Å². The second-order valence-electron chi connectivity index (χ2n) is 5.82. The molecule has 0 aliphatic carbocycles. The SMILES string of the molecule is C[C@H](O)c1ccc(N2CCN(C)C(=O)C2(C)C)cc1Br. The van der Waals surface area contributed by atoms with Crippen LogP contribution in [0.2, 0.25) is 0 Å². The number of aliphatic hydroxyl groups excluding tert-OH is 1. The number of anilines is 1. The number of benzene rings is 1. The summed E-state index contributed by atoms with van der Waals surface area (Å²) in [6, 6.07) is 5.85. The van der Waals surface area contributed by atoms with Crippen LogP contribution >= 0.6 is 15.9 Å². The zero-order valence-corrected chi connectivity index (χ0v) is 13.9. The van der Waals surface area contributed by atoms with E-state index in [2.05, 4.69) is 20.8 Å². The van der Waals surface area contributed by atoms with Gasteiger partial charge in [0.15, 0.2) is 0 Å². The van der Waals surface area contributed by atoms with Crippen LogP contribution in [-0.4, -0.2) is 41.6 Å². The van der Waals surface area contributed by atoms with Crippen molar-refractivity contribution >= 4 is 27.5 Å². The molecule has 1 N–H and O–H groups in total. The van der Waals surface area contributed by atoms with Gasteiger partial charge in [-0.05, 0) is 38.5 Å². The molecule has 1 heterocycles. The Morgan fingerprint density at radius 2 is 2.00 bits per heavy atom. The highest BCUT2D eigenvalue weighted by Gasteiger charge is 2.40. The molecule has 110 valence electrons. The lowest BCUT2D eigenvalue weighted by Gasteiger charge is -2.46. The number of rotatable bonds is 2. The van der Waals surface area contributed by atoms with Gasteiger partial charge in [0, 0.05) is 30.3 Å². The van der Waals surface area contributed by atoms with E-state index in [1.807, 2.05) is 39.1 Å². The molecule has 20 heavy (non-hydrogen) atoms. The van der Waals surface area contributed by atoms with E-state index in [9.17, 15) is 9.90 Å². The van der Waals surface area contributed by atoms with Crippen LogP contribution in [0.4, 0.5) is 5.69 Å². The largest absolute Gasteiger partial charge is 0.389 e. The van der Waals surface area contributed by atoms with Gasteiger partial charge < -0.3 is 14.9 Å². The first-order valence-electron chi connectivity index (χ1n) is 6.76. The van der Waals surface area contributed by atoms with Gasteiger partial charge >= 0.3 is 0 Å². The molecule has 1 amide bonds. The Morgan fingerprint density at radius 3 is 2.55 bits per heavy atom. The predicted octanol–water partition coefficient (Wildman–Crippen LogP) is 2.56. The van der Waals surface area contributed by atoms with Gasteiger partial charge in [-0.2, -0.15) is 0 Å². The summed E-state index contributed by atoms with van der Waals surface area (Å²) in [6.07, 6.45) is -0.513. The first-order chi connectivity index (χ1) is 9.25. The Balaban J connectivity index is 2.36. The van der Waals surface area contributed by atoms with Gasteiger partial charge in [-0.1, -0.05) is 22.0 Å². The van der Waals surface area contributed by atoms with Gasteiger partial charge in [-0.3, -0.25) is 4.79 Å². The number of carbonyl (C=O) groups is 1. The summed E-state index contributed by atoms with van der Waals surface area (Å²) in [6.45, 7) is 7.15. The molecule has 0 unspecified atom stereocenters. The highest BCUT2D eigenvalue weighted by molar-refractivity contribution is 9.10. The maximum absolute atomic E-state index is 12.3. The summed E-state index contributed by atoms with van der Waals surface area (Å²) in [5.41, 5.74) is 1.29. The van der Waals surface area contributed by atoms with Crippen LogP contribution in [-0.2, 0) is 4.79 Å². The van der Waals surface area contributed by atoms with E-state index in [0.29, 0.717) is 0 Å². The lowest BCUT2D eigenvalue weighted by atomic mass is 9.96. The van der Waals surface area contributed by atoms with E-state index >= 15 is 0 Å². The van der Waals surface area contributed by atoms with Crippen molar-refractivity contribution in [1.29, 1.82) is 0 Å². The monoisotopic (exact) mass is 340 g/mol. The molecule has 0 aromatic heterocycles. The summed E-state index contributed by atoms with van der Waals surface area (Å²) in [4.78, 5) is 16.2. The average Bonchev–Trinajstić information content (AvgIpc) is 2.35. The second-order valence-corrected chi connectivity index (χ2v) is 6.67. The Labute approximate surface area is 128 Å². The van der Waals surface area contributed by atoms with Crippen molar-refractivity contribution in [2.45, 2.75) is 32.4 Å². The number of piperazine rings is 1. The highest BCUT2D eigenvalue weighted by Crippen LogP contribution is 2.33. The van der Waals surface area contributed by atoms with Crippen molar-refractivity contribution in [1.82, 2.24) is 4.90 Å². The zero-order chi connectivity index (χ0) is 15.1. The van der Waals surface area contributed by atoms with Crippen molar-refractivity contribution in [3.8, 4) is 0 Å². The predicted molar refractivity (Wildman–Crippen MR) is 83.8 cm³/mol. The molecule has 5 heteroatoms. The van der Waals surface area contributed by atoms with Gasteiger partial charge in [-0.15, -0.1) is 0 Å². The molecular formula is C15H21BrN2O2. The van der Waals surface area contributed by atoms with Crippen molar-refractivity contribution in [2.24, 2.45) is 0 Å². The molecule has 1 fully saturated rings. The first-order valence-corrected chi connectivity index (χ1v) is 7.55. The van der Waals surface area contributed by atoms with Gasteiger partial charge in [0.2, 0.25) is 5.91 Å². The number of hydrogen-bond acceptors (Lipinski definition) is 3. The number of nitrogens with zero attached hydrogens (tertiary/aromatic N) is 2. The molecular weight excluding hydrogens is 320 g/mol. The third-order valence-electron chi connectivity index (χ3n) is 3.95. The van der Waals surface area contributed by atoms with Crippen molar-refractivity contribution in [3.63, 3.8) is 0 Å². The maximum Gasteiger partial charge on any atom is 0.247 e. The minimum Gasteiger partial charge on any atom is -0.389 e. The third-order valence-corrected chi connectivity index (χ3v) is 4.64. The van der Waals surface area contributed by atoms with Crippen LogP contribution in [0.25, 0.3) is 0 Å². The van der Waals surface area contributed by atoms with Crippen LogP contribution in [0.3, 0.4) is 0 Å².